The van der Waals surface area contributed by atoms with E-state index in [1.807, 2.05) is 49.1 Å². The lowest BCUT2D eigenvalue weighted by atomic mass is 10.1. The highest BCUT2D eigenvalue weighted by Crippen LogP contribution is 2.40. The number of phenolic OH excluding ortho intramolecular Hbond substituents is 1. The van der Waals surface area contributed by atoms with Crippen LogP contribution in [0.25, 0.3) is 11.0 Å². The molecule has 0 saturated carbocycles. The molecule has 0 atom stereocenters. The molecule has 4 aromatic rings. The van der Waals surface area contributed by atoms with Gasteiger partial charge in [-0.2, -0.15) is 13.2 Å². The Morgan fingerprint density at radius 2 is 1.66 bits per heavy atom. The van der Waals surface area contributed by atoms with Crippen LogP contribution in [0.4, 0.5) is 13.2 Å². The maximum Gasteiger partial charge on any atom is 0.453 e. The van der Waals surface area contributed by atoms with Gasteiger partial charge in [-0.25, -0.2) is 0 Å². The van der Waals surface area contributed by atoms with Crippen molar-refractivity contribution < 1.29 is 27.4 Å². The number of hydrogen-bond donors (Lipinski definition) is 1. The lowest BCUT2D eigenvalue weighted by Gasteiger charge is -2.22. The zero-order valence-electron chi connectivity index (χ0n) is 19.2. The SMILES string of the molecule is CCN(Cc1ccccc1)Cc1c(O)ccc2c(=O)c(Oc3ccc(C)cc3)c(C(F)(F)F)oc12. The molecule has 1 N–H and O–H groups in total. The number of aryl methyl sites for hydroxylation is 1. The Morgan fingerprint density at radius 1 is 0.971 bits per heavy atom. The zero-order chi connectivity index (χ0) is 25.2. The van der Waals surface area contributed by atoms with Crippen LogP contribution in [0.1, 0.15) is 29.4 Å². The lowest BCUT2D eigenvalue weighted by molar-refractivity contribution is -0.154. The molecule has 1 heterocycles. The van der Waals surface area contributed by atoms with Gasteiger partial charge in [-0.1, -0.05) is 55.0 Å². The third-order valence-electron chi connectivity index (χ3n) is 5.67. The number of benzene rings is 3. The summed E-state index contributed by atoms with van der Waals surface area (Å²) < 4.78 is 52.6. The first-order valence-electron chi connectivity index (χ1n) is 11.1. The molecule has 0 aliphatic heterocycles. The van der Waals surface area contributed by atoms with Crippen molar-refractivity contribution in [3.8, 4) is 17.2 Å². The number of phenols is 1. The summed E-state index contributed by atoms with van der Waals surface area (Å²) in [7, 11) is 0. The van der Waals surface area contributed by atoms with Crippen molar-refractivity contribution in [2.75, 3.05) is 6.54 Å². The minimum absolute atomic E-state index is 0.0757. The molecule has 0 radical (unpaired) electrons. The van der Waals surface area contributed by atoms with Crippen LogP contribution >= 0.6 is 0 Å². The summed E-state index contributed by atoms with van der Waals surface area (Å²) in [5, 5.41) is 10.4. The molecule has 3 aromatic carbocycles. The van der Waals surface area contributed by atoms with Crippen LogP contribution in [0.15, 0.2) is 75.9 Å². The topological polar surface area (TPSA) is 62.9 Å². The summed E-state index contributed by atoms with van der Waals surface area (Å²) in [6.45, 7) is 4.84. The summed E-state index contributed by atoms with van der Waals surface area (Å²) >= 11 is 0. The van der Waals surface area contributed by atoms with Crippen molar-refractivity contribution >= 4 is 11.0 Å². The number of ether oxygens (including phenoxy) is 1. The van der Waals surface area contributed by atoms with Crippen molar-refractivity contribution in [2.24, 2.45) is 0 Å². The maximum absolute atomic E-state index is 14.0. The fraction of sp³-hybridized carbons (Fsp3) is 0.222. The monoisotopic (exact) mass is 483 g/mol. The van der Waals surface area contributed by atoms with Crippen LogP contribution in [-0.2, 0) is 19.3 Å². The van der Waals surface area contributed by atoms with E-state index in [1.165, 1.54) is 24.3 Å². The van der Waals surface area contributed by atoms with Crippen LogP contribution in [0.5, 0.6) is 17.2 Å². The number of halogens is 3. The molecule has 35 heavy (non-hydrogen) atoms. The number of aromatic hydroxyl groups is 1. The molecule has 1 aromatic heterocycles. The number of hydrogen-bond acceptors (Lipinski definition) is 5. The summed E-state index contributed by atoms with van der Waals surface area (Å²) in [4.78, 5) is 15.1. The standard InChI is InChI=1S/C27H24F3NO4/c1-3-31(15-18-7-5-4-6-8-18)16-21-22(32)14-13-20-23(33)25(26(27(28,29)30)35-24(20)21)34-19-11-9-17(2)10-12-19/h4-14,32H,3,15-16H2,1-2H3. The molecule has 0 fully saturated rings. The van der Waals surface area contributed by atoms with E-state index in [0.29, 0.717) is 13.1 Å². The number of fused-ring (bicyclic) bond motifs is 1. The van der Waals surface area contributed by atoms with E-state index < -0.39 is 23.1 Å². The summed E-state index contributed by atoms with van der Waals surface area (Å²) in [6.07, 6.45) is -5.00. The fourth-order valence-corrected chi connectivity index (χ4v) is 3.79. The molecular weight excluding hydrogens is 459 g/mol. The van der Waals surface area contributed by atoms with Gasteiger partial charge in [-0.15, -0.1) is 0 Å². The van der Waals surface area contributed by atoms with Gasteiger partial charge in [-0.05, 0) is 43.3 Å². The predicted octanol–water partition coefficient (Wildman–Crippen LogP) is 6.64. The minimum atomic E-state index is -5.00. The van der Waals surface area contributed by atoms with Gasteiger partial charge in [0.25, 0.3) is 5.76 Å². The van der Waals surface area contributed by atoms with Crippen LogP contribution in [0, 0.1) is 6.92 Å². The number of alkyl halides is 3. The van der Waals surface area contributed by atoms with E-state index in [1.54, 1.807) is 12.1 Å². The smallest absolute Gasteiger partial charge is 0.453 e. The first-order chi connectivity index (χ1) is 16.7. The van der Waals surface area contributed by atoms with Gasteiger partial charge in [0.2, 0.25) is 11.2 Å². The van der Waals surface area contributed by atoms with Crippen LogP contribution < -0.4 is 10.2 Å². The Bertz CT molecular complexity index is 1380. The first-order valence-corrected chi connectivity index (χ1v) is 11.1. The van der Waals surface area contributed by atoms with E-state index in [2.05, 4.69) is 0 Å². The molecule has 182 valence electrons. The molecule has 0 aliphatic rings. The van der Waals surface area contributed by atoms with Crippen molar-refractivity contribution in [3.63, 3.8) is 0 Å². The van der Waals surface area contributed by atoms with Gasteiger partial charge in [0.15, 0.2) is 0 Å². The molecule has 8 heteroatoms. The highest BCUT2D eigenvalue weighted by atomic mass is 19.4. The second-order valence-corrected chi connectivity index (χ2v) is 8.23. The van der Waals surface area contributed by atoms with Crippen molar-refractivity contribution in [1.82, 2.24) is 4.90 Å². The highest BCUT2D eigenvalue weighted by Gasteiger charge is 2.41. The summed E-state index contributed by atoms with van der Waals surface area (Å²) in [5.41, 5.74) is 0.705. The van der Waals surface area contributed by atoms with Crippen molar-refractivity contribution in [1.29, 1.82) is 0 Å². The number of nitrogens with zero attached hydrogens (tertiary/aromatic N) is 1. The Hall–Kier alpha value is -3.78. The second kappa shape index (κ2) is 9.84. The molecule has 0 unspecified atom stereocenters. The largest absolute Gasteiger partial charge is 0.507 e. The molecule has 4 rings (SSSR count). The van der Waals surface area contributed by atoms with E-state index in [4.69, 9.17) is 9.15 Å². The molecule has 0 amide bonds. The Kier molecular flexibility index (Phi) is 6.84. The first kappa shape index (κ1) is 24.3. The molecule has 0 bridgehead atoms. The Balaban J connectivity index is 1.82. The molecule has 0 saturated heterocycles. The van der Waals surface area contributed by atoms with Crippen LogP contribution in [0.3, 0.4) is 0 Å². The van der Waals surface area contributed by atoms with E-state index >= 15 is 0 Å². The Labute approximate surface area is 200 Å². The third-order valence-corrected chi connectivity index (χ3v) is 5.67. The van der Waals surface area contributed by atoms with Gasteiger partial charge < -0.3 is 14.3 Å². The summed E-state index contributed by atoms with van der Waals surface area (Å²) in [5.74, 6) is -2.67. The third kappa shape index (κ3) is 5.33. The Morgan fingerprint density at radius 3 is 2.29 bits per heavy atom. The number of rotatable bonds is 7. The van der Waals surface area contributed by atoms with Gasteiger partial charge in [-0.3, -0.25) is 9.69 Å². The van der Waals surface area contributed by atoms with Gasteiger partial charge in [0, 0.05) is 13.1 Å². The van der Waals surface area contributed by atoms with Crippen LogP contribution in [0.2, 0.25) is 0 Å². The molecule has 0 aliphatic carbocycles. The highest BCUT2D eigenvalue weighted by molar-refractivity contribution is 5.83. The average molecular weight is 483 g/mol. The van der Waals surface area contributed by atoms with E-state index in [9.17, 15) is 23.1 Å². The summed E-state index contributed by atoms with van der Waals surface area (Å²) in [6, 6.07) is 18.3. The van der Waals surface area contributed by atoms with Crippen LogP contribution in [-0.4, -0.2) is 16.6 Å². The van der Waals surface area contributed by atoms with Crippen molar-refractivity contribution in [2.45, 2.75) is 33.1 Å². The lowest BCUT2D eigenvalue weighted by Crippen LogP contribution is -2.23. The van der Waals surface area contributed by atoms with Gasteiger partial charge in [0.05, 0.1) is 10.9 Å². The predicted molar refractivity (Wildman–Crippen MR) is 127 cm³/mol. The fourth-order valence-electron chi connectivity index (χ4n) is 3.79. The molecule has 5 nitrogen and oxygen atoms in total. The van der Waals surface area contributed by atoms with Gasteiger partial charge in [0.1, 0.15) is 17.1 Å². The van der Waals surface area contributed by atoms with Gasteiger partial charge >= 0.3 is 6.18 Å². The minimum Gasteiger partial charge on any atom is -0.507 e. The second-order valence-electron chi connectivity index (χ2n) is 8.23. The molecule has 0 spiro atoms. The van der Waals surface area contributed by atoms with E-state index in [-0.39, 0.29) is 34.6 Å². The molecular formula is C27H24F3NO4. The van der Waals surface area contributed by atoms with Crippen molar-refractivity contribution in [3.05, 3.63) is 99.4 Å². The van der Waals surface area contributed by atoms with E-state index in [0.717, 1.165) is 11.1 Å². The normalized spacial score (nSPS) is 11.8. The quantitative estimate of drug-likeness (QED) is 0.319. The average Bonchev–Trinajstić information content (AvgIpc) is 2.83. The maximum atomic E-state index is 14.0. The zero-order valence-corrected chi connectivity index (χ0v) is 19.2.